The topological polar surface area (TPSA) is 39.7 Å². The number of hydrogen-bond donors (Lipinski definition) is 1. The molecule has 2 heterocycles. The summed E-state index contributed by atoms with van der Waals surface area (Å²) in [7, 11) is 0. The highest BCUT2D eigenvalue weighted by Crippen LogP contribution is 2.33. The lowest BCUT2D eigenvalue weighted by Gasteiger charge is -2.38. The average molecular weight is 249 g/mol. The first-order valence-corrected chi connectivity index (χ1v) is 6.52. The molecule has 4 nitrogen and oxygen atoms in total. The van der Waals surface area contributed by atoms with E-state index in [0.29, 0.717) is 6.61 Å². The minimum atomic E-state index is -0.303. The van der Waals surface area contributed by atoms with Crippen LogP contribution in [0.3, 0.4) is 0 Å². The Balaban J connectivity index is 1.65. The normalized spacial score (nSPS) is 25.7. The molecule has 2 aliphatic heterocycles. The third-order valence-corrected chi connectivity index (χ3v) is 3.56. The molecule has 0 bridgehead atoms. The van der Waals surface area contributed by atoms with Crippen molar-refractivity contribution >= 4 is 0 Å². The zero-order valence-electron chi connectivity index (χ0n) is 10.6. The van der Waals surface area contributed by atoms with Gasteiger partial charge >= 0.3 is 0 Å². The van der Waals surface area contributed by atoms with Crippen molar-refractivity contribution < 1.29 is 14.2 Å². The summed E-state index contributed by atoms with van der Waals surface area (Å²) < 4.78 is 17.6. The fraction of sp³-hybridized carbons (Fsp3) is 0.571. The van der Waals surface area contributed by atoms with E-state index in [1.165, 1.54) is 0 Å². The van der Waals surface area contributed by atoms with E-state index >= 15 is 0 Å². The number of ether oxygens (including phenoxy) is 3. The SMILES string of the molecule is CC1(OC2COc3ccccc3O2)CCNCC1. The Bertz CT molecular complexity index is 415. The molecule has 1 aromatic carbocycles. The molecule has 0 aliphatic carbocycles. The van der Waals surface area contributed by atoms with Crippen LogP contribution in [-0.4, -0.2) is 31.6 Å². The Morgan fingerprint density at radius 1 is 1.22 bits per heavy atom. The second-order valence-corrected chi connectivity index (χ2v) is 5.12. The molecule has 1 N–H and O–H groups in total. The van der Waals surface area contributed by atoms with Crippen molar-refractivity contribution in [2.75, 3.05) is 19.7 Å². The standard InChI is InChI=1S/C14H19NO3/c1-14(6-8-15-9-7-14)18-13-10-16-11-4-2-3-5-12(11)17-13/h2-5,13,15H,6-10H2,1H3. The number of rotatable bonds is 2. The van der Waals surface area contributed by atoms with Gasteiger partial charge in [0.1, 0.15) is 0 Å². The summed E-state index contributed by atoms with van der Waals surface area (Å²) >= 11 is 0. The molecular formula is C14H19NO3. The van der Waals surface area contributed by atoms with Crippen molar-refractivity contribution in [1.29, 1.82) is 0 Å². The Morgan fingerprint density at radius 3 is 2.72 bits per heavy atom. The maximum atomic E-state index is 6.09. The number of para-hydroxylation sites is 2. The van der Waals surface area contributed by atoms with E-state index in [-0.39, 0.29) is 11.9 Å². The van der Waals surface area contributed by atoms with Gasteiger partial charge in [0.05, 0.1) is 5.60 Å². The molecule has 3 rings (SSSR count). The van der Waals surface area contributed by atoms with Crippen molar-refractivity contribution in [3.05, 3.63) is 24.3 Å². The molecule has 18 heavy (non-hydrogen) atoms. The maximum absolute atomic E-state index is 6.09. The number of nitrogens with one attached hydrogen (secondary N) is 1. The van der Waals surface area contributed by atoms with Crippen LogP contribution in [0.1, 0.15) is 19.8 Å². The third-order valence-electron chi connectivity index (χ3n) is 3.56. The van der Waals surface area contributed by atoms with Gasteiger partial charge in [-0.2, -0.15) is 0 Å². The smallest absolute Gasteiger partial charge is 0.235 e. The quantitative estimate of drug-likeness (QED) is 0.869. The van der Waals surface area contributed by atoms with Crippen molar-refractivity contribution in [2.45, 2.75) is 31.7 Å². The number of piperidine rings is 1. The van der Waals surface area contributed by atoms with Crippen LogP contribution in [0.4, 0.5) is 0 Å². The van der Waals surface area contributed by atoms with Crippen LogP contribution in [0.15, 0.2) is 24.3 Å². The fourth-order valence-corrected chi connectivity index (χ4v) is 2.45. The van der Waals surface area contributed by atoms with Crippen LogP contribution in [-0.2, 0) is 4.74 Å². The lowest BCUT2D eigenvalue weighted by Crippen LogP contribution is -2.47. The van der Waals surface area contributed by atoms with Gasteiger partial charge in [0, 0.05) is 0 Å². The Hall–Kier alpha value is -1.26. The second kappa shape index (κ2) is 4.78. The molecule has 1 aromatic rings. The van der Waals surface area contributed by atoms with Crippen LogP contribution in [0.2, 0.25) is 0 Å². The second-order valence-electron chi connectivity index (χ2n) is 5.12. The van der Waals surface area contributed by atoms with E-state index in [1.54, 1.807) is 0 Å². The molecule has 0 amide bonds. The molecule has 0 spiro atoms. The number of hydrogen-bond acceptors (Lipinski definition) is 4. The summed E-state index contributed by atoms with van der Waals surface area (Å²) in [5.74, 6) is 1.57. The van der Waals surface area contributed by atoms with E-state index in [4.69, 9.17) is 14.2 Å². The number of benzene rings is 1. The summed E-state index contributed by atoms with van der Waals surface area (Å²) in [6.45, 7) is 4.61. The zero-order valence-corrected chi connectivity index (χ0v) is 10.6. The molecule has 98 valence electrons. The first-order chi connectivity index (χ1) is 8.75. The van der Waals surface area contributed by atoms with Gasteiger partial charge < -0.3 is 19.5 Å². The van der Waals surface area contributed by atoms with E-state index in [0.717, 1.165) is 37.4 Å². The Morgan fingerprint density at radius 2 is 1.94 bits per heavy atom. The first-order valence-electron chi connectivity index (χ1n) is 6.52. The minimum absolute atomic E-state index is 0.106. The molecule has 1 atom stereocenters. The fourth-order valence-electron chi connectivity index (χ4n) is 2.45. The van der Waals surface area contributed by atoms with Crippen LogP contribution in [0.25, 0.3) is 0 Å². The molecular weight excluding hydrogens is 230 g/mol. The largest absolute Gasteiger partial charge is 0.483 e. The van der Waals surface area contributed by atoms with Crippen LogP contribution in [0, 0.1) is 0 Å². The monoisotopic (exact) mass is 249 g/mol. The molecule has 1 unspecified atom stereocenters. The highest BCUT2D eigenvalue weighted by atomic mass is 16.7. The Kier molecular flexibility index (Phi) is 3.14. The van der Waals surface area contributed by atoms with E-state index in [2.05, 4.69) is 12.2 Å². The first kappa shape index (κ1) is 11.8. The minimum Gasteiger partial charge on any atom is -0.483 e. The van der Waals surface area contributed by atoms with Gasteiger partial charge in [0.2, 0.25) is 6.29 Å². The lowest BCUT2D eigenvalue weighted by molar-refractivity contribution is -0.193. The van der Waals surface area contributed by atoms with Crippen LogP contribution >= 0.6 is 0 Å². The predicted octanol–water partition coefficient (Wildman–Crippen LogP) is 1.94. The van der Waals surface area contributed by atoms with Gasteiger partial charge in [0.15, 0.2) is 18.1 Å². The number of fused-ring (bicyclic) bond motifs is 1. The van der Waals surface area contributed by atoms with Gasteiger partial charge in [0.25, 0.3) is 0 Å². The molecule has 1 fully saturated rings. The molecule has 0 saturated carbocycles. The van der Waals surface area contributed by atoms with Gasteiger partial charge in [-0.3, -0.25) is 0 Å². The molecule has 2 aliphatic rings. The summed E-state index contributed by atoms with van der Waals surface area (Å²) in [5.41, 5.74) is -0.106. The average Bonchev–Trinajstić information content (AvgIpc) is 2.39. The van der Waals surface area contributed by atoms with Crippen molar-refractivity contribution in [3.63, 3.8) is 0 Å². The lowest BCUT2D eigenvalue weighted by atomic mass is 9.94. The van der Waals surface area contributed by atoms with E-state index in [9.17, 15) is 0 Å². The molecule has 0 radical (unpaired) electrons. The van der Waals surface area contributed by atoms with Crippen molar-refractivity contribution in [2.24, 2.45) is 0 Å². The summed E-state index contributed by atoms with van der Waals surface area (Å²) in [4.78, 5) is 0. The van der Waals surface area contributed by atoms with Gasteiger partial charge in [-0.1, -0.05) is 12.1 Å². The zero-order chi connectivity index (χ0) is 12.4. The predicted molar refractivity (Wildman–Crippen MR) is 67.9 cm³/mol. The summed E-state index contributed by atoms with van der Waals surface area (Å²) in [5, 5.41) is 3.34. The van der Waals surface area contributed by atoms with E-state index in [1.807, 2.05) is 24.3 Å². The highest BCUT2D eigenvalue weighted by Gasteiger charge is 2.33. The van der Waals surface area contributed by atoms with E-state index < -0.39 is 0 Å². The van der Waals surface area contributed by atoms with Gasteiger partial charge in [-0.05, 0) is 45.0 Å². The van der Waals surface area contributed by atoms with Crippen molar-refractivity contribution in [1.82, 2.24) is 5.32 Å². The summed E-state index contributed by atoms with van der Waals surface area (Å²) in [6, 6.07) is 7.71. The van der Waals surface area contributed by atoms with Crippen LogP contribution < -0.4 is 14.8 Å². The molecule has 1 saturated heterocycles. The van der Waals surface area contributed by atoms with Gasteiger partial charge in [-0.15, -0.1) is 0 Å². The summed E-state index contributed by atoms with van der Waals surface area (Å²) in [6.07, 6.45) is 1.71. The Labute approximate surface area is 107 Å². The third kappa shape index (κ3) is 2.44. The molecule has 4 heteroatoms. The maximum Gasteiger partial charge on any atom is 0.235 e. The van der Waals surface area contributed by atoms with Crippen molar-refractivity contribution in [3.8, 4) is 11.5 Å². The van der Waals surface area contributed by atoms with Gasteiger partial charge in [-0.25, -0.2) is 0 Å². The molecule has 0 aromatic heterocycles. The van der Waals surface area contributed by atoms with Crippen LogP contribution in [0.5, 0.6) is 11.5 Å². The highest BCUT2D eigenvalue weighted by molar-refractivity contribution is 5.40.